The highest BCUT2D eigenvalue weighted by atomic mass is 79.9. The number of rotatable bonds is 2. The van der Waals surface area contributed by atoms with E-state index in [4.69, 9.17) is 0 Å². The molecule has 0 aromatic heterocycles. The second-order valence-corrected chi connectivity index (χ2v) is 7.94. The van der Waals surface area contributed by atoms with Crippen LogP contribution in [0.5, 0.6) is 5.75 Å². The Bertz CT molecular complexity index is 909. The zero-order valence-electron chi connectivity index (χ0n) is 14.7. The van der Waals surface area contributed by atoms with Crippen LogP contribution in [0.1, 0.15) is 36.4 Å². The number of amides is 1. The molecule has 2 aromatic carbocycles. The van der Waals surface area contributed by atoms with Gasteiger partial charge >= 0.3 is 0 Å². The second kappa shape index (κ2) is 6.47. The van der Waals surface area contributed by atoms with Crippen molar-refractivity contribution >= 4 is 33.2 Å². The molecular weight excluding hydrogens is 392 g/mol. The average molecular weight is 413 g/mol. The van der Waals surface area contributed by atoms with E-state index in [2.05, 4.69) is 39.5 Å². The molecule has 3 unspecified atom stereocenters. The topological polar surface area (TPSA) is 52.6 Å². The Kier molecular flexibility index (Phi) is 4.27. The smallest absolute Gasteiger partial charge is 0.223 e. The van der Waals surface area contributed by atoms with E-state index in [-0.39, 0.29) is 17.9 Å². The summed E-state index contributed by atoms with van der Waals surface area (Å²) in [6, 6.07) is 11.7. The zero-order valence-corrected chi connectivity index (χ0v) is 16.3. The minimum atomic E-state index is 0.0177. The van der Waals surface area contributed by atoms with Crippen LogP contribution in [-0.2, 0) is 4.79 Å². The molecule has 26 heavy (non-hydrogen) atoms. The van der Waals surface area contributed by atoms with Crippen molar-refractivity contribution in [3.05, 3.63) is 64.1 Å². The van der Waals surface area contributed by atoms with E-state index in [0.717, 1.165) is 27.8 Å². The van der Waals surface area contributed by atoms with Gasteiger partial charge in [-0.2, -0.15) is 0 Å². The maximum atomic E-state index is 11.7. The molecule has 134 valence electrons. The van der Waals surface area contributed by atoms with Gasteiger partial charge in [-0.3, -0.25) is 4.79 Å². The van der Waals surface area contributed by atoms with Crippen LogP contribution < -0.4 is 10.2 Å². The van der Waals surface area contributed by atoms with Crippen LogP contribution in [0, 0.1) is 5.92 Å². The number of nitrogens with one attached hydrogen (secondary N) is 1. The summed E-state index contributed by atoms with van der Waals surface area (Å²) >= 11 is 3.51. The fraction of sp³-hybridized carbons (Fsp3) is 0.286. The number of hydrogen-bond acceptors (Lipinski definition) is 3. The molecule has 0 spiro atoms. The van der Waals surface area contributed by atoms with Crippen molar-refractivity contribution in [1.82, 2.24) is 0 Å². The van der Waals surface area contributed by atoms with Gasteiger partial charge < -0.3 is 15.3 Å². The number of phenolic OH excluding ortho intramolecular Hbond substituents is 1. The number of benzene rings is 2. The first-order valence-electron chi connectivity index (χ1n) is 8.75. The molecule has 4 rings (SSSR count). The normalized spacial score (nSPS) is 23.1. The van der Waals surface area contributed by atoms with Gasteiger partial charge in [0, 0.05) is 41.3 Å². The van der Waals surface area contributed by atoms with Crippen molar-refractivity contribution < 1.29 is 9.90 Å². The van der Waals surface area contributed by atoms with Crippen molar-refractivity contribution in [1.29, 1.82) is 0 Å². The summed E-state index contributed by atoms with van der Waals surface area (Å²) < 4.78 is 0.957. The Morgan fingerprint density at radius 2 is 2.04 bits per heavy atom. The number of carbonyl (C=O) groups excluding carboxylic acids is 1. The molecule has 2 aromatic rings. The lowest BCUT2D eigenvalue weighted by molar-refractivity contribution is -0.116. The largest absolute Gasteiger partial charge is 0.508 e. The molecule has 0 saturated heterocycles. The lowest BCUT2D eigenvalue weighted by Crippen LogP contribution is -2.30. The summed E-state index contributed by atoms with van der Waals surface area (Å²) in [4.78, 5) is 13.4. The zero-order chi connectivity index (χ0) is 18.4. The summed E-state index contributed by atoms with van der Waals surface area (Å²) in [5, 5.41) is 14.0. The molecule has 0 radical (unpaired) electrons. The molecule has 1 amide bonds. The molecule has 4 nitrogen and oxygen atoms in total. The molecule has 1 aliphatic heterocycles. The fourth-order valence-electron chi connectivity index (χ4n) is 4.05. The van der Waals surface area contributed by atoms with Gasteiger partial charge in [-0.15, -0.1) is 0 Å². The van der Waals surface area contributed by atoms with Crippen LogP contribution >= 0.6 is 15.9 Å². The number of carbonyl (C=O) groups is 1. The predicted octanol–water partition coefficient (Wildman–Crippen LogP) is 4.96. The van der Waals surface area contributed by atoms with Gasteiger partial charge in [0.05, 0.1) is 6.04 Å². The maximum absolute atomic E-state index is 11.7. The number of fused-ring (bicyclic) bond motifs is 3. The first-order chi connectivity index (χ1) is 12.5. The van der Waals surface area contributed by atoms with Crippen LogP contribution in [0.3, 0.4) is 0 Å². The molecule has 2 aliphatic rings. The SMILES string of the molecule is CC(=O)N(C)c1ccc2c(c1)C1C=CCC1C(c1cc(Br)ccc1O)N2. The Labute approximate surface area is 161 Å². The van der Waals surface area contributed by atoms with E-state index in [9.17, 15) is 9.90 Å². The summed E-state index contributed by atoms with van der Waals surface area (Å²) in [6.45, 7) is 1.57. The molecule has 1 heterocycles. The Balaban J connectivity index is 1.77. The highest BCUT2D eigenvalue weighted by Crippen LogP contribution is 2.51. The van der Waals surface area contributed by atoms with Crippen LogP contribution in [0.4, 0.5) is 11.4 Å². The third-order valence-corrected chi connectivity index (χ3v) is 6.02. The molecular formula is C21H21BrN2O2. The second-order valence-electron chi connectivity index (χ2n) is 7.03. The standard InChI is InChI=1S/C21H21BrN2O2/c1-12(25)24(2)14-7-8-19-17(11-14)15-4-3-5-16(15)21(23-19)18-10-13(22)6-9-20(18)26/h3-4,6-11,15-16,21,23,26H,5H2,1-2H3. The molecule has 0 bridgehead atoms. The summed E-state index contributed by atoms with van der Waals surface area (Å²) in [5.74, 6) is 0.937. The Morgan fingerprint density at radius 1 is 1.23 bits per heavy atom. The number of allylic oxidation sites excluding steroid dienone is 2. The maximum Gasteiger partial charge on any atom is 0.223 e. The number of halogens is 1. The predicted molar refractivity (Wildman–Crippen MR) is 108 cm³/mol. The third-order valence-electron chi connectivity index (χ3n) is 5.53. The first kappa shape index (κ1) is 17.2. The van der Waals surface area contributed by atoms with Gasteiger partial charge in [-0.05, 0) is 54.3 Å². The molecule has 5 heteroatoms. The van der Waals surface area contributed by atoms with Crippen molar-refractivity contribution in [2.45, 2.75) is 25.3 Å². The van der Waals surface area contributed by atoms with Crippen LogP contribution in [-0.4, -0.2) is 18.1 Å². The number of aromatic hydroxyl groups is 1. The monoisotopic (exact) mass is 412 g/mol. The number of anilines is 2. The summed E-state index contributed by atoms with van der Waals surface area (Å²) in [5.41, 5.74) is 4.08. The van der Waals surface area contributed by atoms with Crippen molar-refractivity contribution in [3.8, 4) is 5.75 Å². The van der Waals surface area contributed by atoms with Gasteiger partial charge in [0.1, 0.15) is 5.75 Å². The third kappa shape index (κ3) is 2.80. The molecule has 0 fully saturated rings. The number of phenols is 1. The Morgan fingerprint density at radius 3 is 2.81 bits per heavy atom. The Hall–Kier alpha value is -2.27. The highest BCUT2D eigenvalue weighted by Gasteiger charge is 2.39. The lowest BCUT2D eigenvalue weighted by Gasteiger charge is -2.38. The van der Waals surface area contributed by atoms with Gasteiger partial charge in [-0.25, -0.2) is 0 Å². The molecule has 3 atom stereocenters. The van der Waals surface area contributed by atoms with Crippen molar-refractivity contribution in [2.75, 3.05) is 17.3 Å². The summed E-state index contributed by atoms with van der Waals surface area (Å²) in [6.07, 6.45) is 5.43. The highest BCUT2D eigenvalue weighted by molar-refractivity contribution is 9.10. The van der Waals surface area contributed by atoms with Gasteiger partial charge in [0.2, 0.25) is 5.91 Å². The van der Waals surface area contributed by atoms with Crippen molar-refractivity contribution in [3.63, 3.8) is 0 Å². The van der Waals surface area contributed by atoms with E-state index in [1.54, 1.807) is 24.9 Å². The van der Waals surface area contributed by atoms with Crippen LogP contribution in [0.2, 0.25) is 0 Å². The number of hydrogen-bond donors (Lipinski definition) is 2. The van der Waals surface area contributed by atoms with Gasteiger partial charge in [0.15, 0.2) is 0 Å². The minimum Gasteiger partial charge on any atom is -0.508 e. The van der Waals surface area contributed by atoms with E-state index < -0.39 is 0 Å². The van der Waals surface area contributed by atoms with Gasteiger partial charge in [0.25, 0.3) is 0 Å². The van der Waals surface area contributed by atoms with Gasteiger partial charge in [-0.1, -0.05) is 28.1 Å². The van der Waals surface area contributed by atoms with Crippen molar-refractivity contribution in [2.24, 2.45) is 5.92 Å². The van der Waals surface area contributed by atoms with E-state index in [1.807, 2.05) is 24.3 Å². The van der Waals surface area contributed by atoms with Crippen LogP contribution in [0.15, 0.2) is 53.0 Å². The molecule has 0 saturated carbocycles. The van der Waals surface area contributed by atoms with E-state index in [1.165, 1.54) is 5.56 Å². The van der Waals surface area contributed by atoms with E-state index in [0.29, 0.717) is 11.7 Å². The first-order valence-corrected chi connectivity index (χ1v) is 9.55. The minimum absolute atomic E-state index is 0.0177. The lowest BCUT2D eigenvalue weighted by atomic mass is 9.76. The average Bonchev–Trinajstić information content (AvgIpc) is 3.12. The molecule has 2 N–H and O–H groups in total. The quantitative estimate of drug-likeness (QED) is 0.684. The van der Waals surface area contributed by atoms with E-state index >= 15 is 0 Å². The fourth-order valence-corrected chi connectivity index (χ4v) is 4.43. The molecule has 1 aliphatic carbocycles. The summed E-state index contributed by atoms with van der Waals surface area (Å²) in [7, 11) is 1.80. The van der Waals surface area contributed by atoms with Crippen LogP contribution in [0.25, 0.3) is 0 Å². The number of nitrogens with zero attached hydrogens (tertiary/aromatic N) is 1.